The fourth-order valence-electron chi connectivity index (χ4n) is 4.30. The van der Waals surface area contributed by atoms with Crippen LogP contribution >= 0.6 is 11.8 Å². The molecule has 0 radical (unpaired) electrons. The van der Waals surface area contributed by atoms with E-state index in [1.165, 1.54) is 6.07 Å². The van der Waals surface area contributed by atoms with Crippen LogP contribution in [0.25, 0.3) is 5.69 Å². The third-order valence-corrected chi connectivity index (χ3v) is 6.86. The fraction of sp³-hybridized carbons (Fsp3) is 0.273. The first-order chi connectivity index (χ1) is 14.7. The molecule has 152 valence electrons. The number of pyridine rings is 1. The van der Waals surface area contributed by atoms with Gasteiger partial charge in [-0.15, -0.1) is 0 Å². The molecule has 5 rings (SSSR count). The summed E-state index contributed by atoms with van der Waals surface area (Å²) in [6, 6.07) is 17.1. The summed E-state index contributed by atoms with van der Waals surface area (Å²) in [5, 5.41) is 12.4. The van der Waals surface area contributed by atoms with Crippen LogP contribution in [0.15, 0.2) is 72.0 Å². The molecule has 2 aromatic heterocycles. The number of hydrogen-bond donors (Lipinski definition) is 0. The van der Waals surface area contributed by atoms with E-state index in [2.05, 4.69) is 22.9 Å². The normalized spacial score (nSPS) is 22.8. The zero-order valence-corrected chi connectivity index (χ0v) is 17.3. The van der Waals surface area contributed by atoms with Crippen molar-refractivity contribution in [2.75, 3.05) is 5.75 Å². The van der Waals surface area contributed by atoms with Crippen molar-refractivity contribution in [2.45, 2.75) is 31.5 Å². The number of nitro benzene ring substituents is 1. The molecule has 0 aliphatic carbocycles. The van der Waals surface area contributed by atoms with E-state index in [9.17, 15) is 10.1 Å². The second-order valence-corrected chi connectivity index (χ2v) is 8.40. The molecule has 0 saturated carbocycles. The topological polar surface area (TPSA) is 76.6 Å². The first-order valence-corrected chi connectivity index (χ1v) is 11.0. The molecule has 3 unspecified atom stereocenters. The van der Waals surface area contributed by atoms with Crippen LogP contribution in [-0.4, -0.2) is 36.3 Å². The number of nitro groups is 1. The number of aromatic nitrogens is 2. The molecule has 1 fully saturated rings. The number of benzene rings is 1. The molecule has 1 saturated heterocycles. The van der Waals surface area contributed by atoms with Gasteiger partial charge < -0.3 is 9.47 Å². The minimum Gasteiger partial charge on any atom is -0.337 e. The predicted octanol–water partition coefficient (Wildman–Crippen LogP) is 4.76. The molecular formula is C22H21N5O2S. The number of amidine groups is 1. The van der Waals surface area contributed by atoms with E-state index < -0.39 is 0 Å². The lowest BCUT2D eigenvalue weighted by Gasteiger charge is -2.32. The van der Waals surface area contributed by atoms with Crippen molar-refractivity contribution >= 4 is 22.6 Å². The molecular weight excluding hydrogens is 398 g/mol. The Morgan fingerprint density at radius 3 is 2.87 bits per heavy atom. The van der Waals surface area contributed by atoms with E-state index in [1.54, 1.807) is 30.1 Å². The summed E-state index contributed by atoms with van der Waals surface area (Å²) in [6.07, 6.45) is 4.81. The monoisotopic (exact) mass is 419 g/mol. The van der Waals surface area contributed by atoms with Gasteiger partial charge in [-0.05, 0) is 36.8 Å². The molecule has 2 aliphatic rings. The van der Waals surface area contributed by atoms with Gasteiger partial charge in [0, 0.05) is 42.0 Å². The van der Waals surface area contributed by atoms with Gasteiger partial charge in [0.25, 0.3) is 5.69 Å². The van der Waals surface area contributed by atoms with Crippen LogP contribution in [0.1, 0.15) is 36.8 Å². The highest BCUT2D eigenvalue weighted by Gasteiger charge is 2.46. The Bertz CT molecular complexity index is 1110. The Balaban J connectivity index is 1.62. The lowest BCUT2D eigenvalue weighted by molar-refractivity contribution is -0.384. The largest absolute Gasteiger partial charge is 0.337 e. The third kappa shape index (κ3) is 3.08. The van der Waals surface area contributed by atoms with Gasteiger partial charge in [-0.1, -0.05) is 30.8 Å². The maximum atomic E-state index is 11.3. The summed E-state index contributed by atoms with van der Waals surface area (Å²) in [7, 11) is 0. The van der Waals surface area contributed by atoms with Gasteiger partial charge in [0.1, 0.15) is 12.1 Å². The van der Waals surface area contributed by atoms with Crippen LogP contribution in [0.3, 0.4) is 0 Å². The van der Waals surface area contributed by atoms with Gasteiger partial charge in [0.05, 0.1) is 16.3 Å². The average Bonchev–Trinajstić information content (AvgIpc) is 3.49. The smallest absolute Gasteiger partial charge is 0.271 e. The first-order valence-electron chi connectivity index (χ1n) is 9.99. The van der Waals surface area contributed by atoms with Gasteiger partial charge in [-0.2, -0.15) is 0 Å². The molecule has 4 heterocycles. The number of hydrogen-bond acceptors (Lipinski definition) is 6. The van der Waals surface area contributed by atoms with Crippen LogP contribution in [0.4, 0.5) is 5.69 Å². The van der Waals surface area contributed by atoms with Crippen LogP contribution in [-0.2, 0) is 0 Å². The van der Waals surface area contributed by atoms with Crippen molar-refractivity contribution in [1.29, 1.82) is 0 Å². The van der Waals surface area contributed by atoms with Gasteiger partial charge in [-0.25, -0.2) is 0 Å². The van der Waals surface area contributed by atoms with E-state index in [0.29, 0.717) is 6.04 Å². The fourth-order valence-corrected chi connectivity index (χ4v) is 5.64. The van der Waals surface area contributed by atoms with Crippen molar-refractivity contribution in [1.82, 2.24) is 14.5 Å². The van der Waals surface area contributed by atoms with Crippen molar-refractivity contribution < 1.29 is 4.92 Å². The second-order valence-electron chi connectivity index (χ2n) is 7.42. The summed E-state index contributed by atoms with van der Waals surface area (Å²) in [4.78, 5) is 23.0. The lowest BCUT2D eigenvalue weighted by atomic mass is 9.99. The number of aliphatic imine (C=N–C) groups is 1. The Labute approximate surface area is 178 Å². The van der Waals surface area contributed by atoms with Gasteiger partial charge in [0.2, 0.25) is 0 Å². The summed E-state index contributed by atoms with van der Waals surface area (Å²) in [6.45, 7) is 2.21. The Kier molecular flexibility index (Phi) is 4.78. The summed E-state index contributed by atoms with van der Waals surface area (Å²) >= 11 is 1.80. The molecule has 0 spiro atoms. The second kappa shape index (κ2) is 7.60. The number of nitrogens with zero attached hydrogens (tertiary/aromatic N) is 5. The molecule has 3 atom stereocenters. The molecule has 8 heteroatoms. The zero-order valence-electron chi connectivity index (χ0n) is 16.5. The maximum absolute atomic E-state index is 11.3. The molecule has 1 aromatic carbocycles. The standard InChI is InChI=1S/C22H21N5O2S/c1-2-15-14-30-22-24-20(18-9-3-4-11-23-18)21(26(15)22)19-10-6-12-25(19)16-7-5-8-17(13-16)27(28)29/h3-13,15,20-21H,2,14H2,1H3. The minimum atomic E-state index is -0.357. The highest BCUT2D eigenvalue weighted by atomic mass is 32.2. The van der Waals surface area contributed by atoms with Crippen LogP contribution in [0.5, 0.6) is 0 Å². The van der Waals surface area contributed by atoms with Gasteiger partial charge >= 0.3 is 0 Å². The summed E-state index contributed by atoms with van der Waals surface area (Å²) in [5.74, 6) is 1.03. The van der Waals surface area contributed by atoms with E-state index in [1.807, 2.05) is 41.1 Å². The molecule has 0 amide bonds. The lowest BCUT2D eigenvalue weighted by Crippen LogP contribution is -2.36. The highest BCUT2D eigenvalue weighted by Crippen LogP contribution is 2.48. The molecule has 0 bridgehead atoms. The molecule has 0 N–H and O–H groups in total. The average molecular weight is 420 g/mol. The third-order valence-electron chi connectivity index (χ3n) is 5.73. The summed E-state index contributed by atoms with van der Waals surface area (Å²) in [5.41, 5.74) is 2.86. The minimum absolute atomic E-state index is 0.0101. The molecule has 7 nitrogen and oxygen atoms in total. The Hall–Kier alpha value is -3.13. The highest BCUT2D eigenvalue weighted by molar-refractivity contribution is 8.14. The van der Waals surface area contributed by atoms with Crippen LogP contribution in [0.2, 0.25) is 0 Å². The van der Waals surface area contributed by atoms with Crippen molar-refractivity contribution in [2.24, 2.45) is 4.99 Å². The number of rotatable bonds is 5. The quantitative estimate of drug-likeness (QED) is 0.440. The number of thioether (sulfide) groups is 1. The zero-order chi connectivity index (χ0) is 20.7. The molecule has 2 aliphatic heterocycles. The Morgan fingerprint density at radius 2 is 2.10 bits per heavy atom. The number of fused-ring (bicyclic) bond motifs is 1. The SMILES string of the molecule is CCC1CSC2=NC(c3ccccn3)C(c3cccn3-c3cccc([N+](=O)[O-])c3)N21. The Morgan fingerprint density at radius 1 is 1.20 bits per heavy atom. The van der Waals surface area contributed by atoms with E-state index in [0.717, 1.165) is 34.4 Å². The van der Waals surface area contributed by atoms with Crippen LogP contribution in [0, 0.1) is 10.1 Å². The van der Waals surface area contributed by atoms with E-state index >= 15 is 0 Å². The van der Waals surface area contributed by atoms with Gasteiger partial charge in [0.15, 0.2) is 5.17 Å². The van der Waals surface area contributed by atoms with Crippen molar-refractivity contribution in [3.8, 4) is 5.69 Å². The first kappa shape index (κ1) is 18.9. The number of non-ortho nitro benzene ring substituents is 1. The predicted molar refractivity (Wildman–Crippen MR) is 118 cm³/mol. The molecule has 3 aromatic rings. The van der Waals surface area contributed by atoms with Gasteiger partial charge in [-0.3, -0.25) is 20.1 Å². The summed E-state index contributed by atoms with van der Waals surface area (Å²) < 4.78 is 2.04. The van der Waals surface area contributed by atoms with E-state index in [4.69, 9.17) is 4.99 Å². The van der Waals surface area contributed by atoms with Crippen molar-refractivity contribution in [3.05, 3.63) is 88.5 Å². The molecule has 30 heavy (non-hydrogen) atoms. The van der Waals surface area contributed by atoms with E-state index in [-0.39, 0.29) is 22.7 Å². The maximum Gasteiger partial charge on any atom is 0.271 e. The van der Waals surface area contributed by atoms with Crippen LogP contribution < -0.4 is 0 Å². The van der Waals surface area contributed by atoms with Crippen molar-refractivity contribution in [3.63, 3.8) is 0 Å².